The maximum Gasteiger partial charge on any atom is 0.303 e. The molecule has 2 aliphatic rings. The second-order valence-corrected chi connectivity index (χ2v) is 11.1. The van der Waals surface area contributed by atoms with E-state index in [0.29, 0.717) is 23.9 Å². The Bertz CT molecular complexity index is 916. The smallest absolute Gasteiger partial charge is 0.303 e. The standard InChI is InChI=1S/C28H39NO3/c1-28(2,3)24-7-10-25(11-8-24)32-26-9-6-22-16-21(4-5-23(22)18-26)19-29-14-12-20(13-15-29)17-27(30)31/h4-6,9,16,18,20,24-25H,7-8,10-15,17,19H2,1-3H3,(H,30,31). The van der Waals surface area contributed by atoms with E-state index in [1.807, 2.05) is 0 Å². The highest BCUT2D eigenvalue weighted by atomic mass is 16.5. The lowest BCUT2D eigenvalue weighted by Crippen LogP contribution is -2.33. The number of ether oxygens (including phenoxy) is 1. The fourth-order valence-electron chi connectivity index (χ4n) is 5.54. The van der Waals surface area contributed by atoms with Crippen molar-refractivity contribution >= 4 is 16.7 Å². The summed E-state index contributed by atoms with van der Waals surface area (Å²) >= 11 is 0. The van der Waals surface area contributed by atoms with Crippen LogP contribution in [0.2, 0.25) is 0 Å². The molecule has 174 valence electrons. The average molecular weight is 438 g/mol. The number of carbonyl (C=O) groups is 1. The predicted octanol–water partition coefficient (Wildman–Crippen LogP) is 6.51. The van der Waals surface area contributed by atoms with Crippen LogP contribution >= 0.6 is 0 Å². The van der Waals surface area contributed by atoms with Crippen LogP contribution in [0.4, 0.5) is 0 Å². The van der Waals surface area contributed by atoms with E-state index in [2.05, 4.69) is 62.1 Å². The molecule has 4 nitrogen and oxygen atoms in total. The molecule has 1 aliphatic heterocycles. The van der Waals surface area contributed by atoms with E-state index in [-0.39, 0.29) is 0 Å². The summed E-state index contributed by atoms with van der Waals surface area (Å²) in [5.41, 5.74) is 1.73. The number of rotatable bonds is 6. The molecule has 4 heteroatoms. The third kappa shape index (κ3) is 6.04. The number of nitrogens with zero attached hydrogens (tertiary/aromatic N) is 1. The van der Waals surface area contributed by atoms with Gasteiger partial charge in [-0.05, 0) is 103 Å². The minimum atomic E-state index is -0.668. The van der Waals surface area contributed by atoms with Gasteiger partial charge in [-0.1, -0.05) is 39.0 Å². The number of carboxylic acid groups (broad SMARTS) is 1. The van der Waals surface area contributed by atoms with E-state index in [4.69, 9.17) is 9.84 Å². The number of hydrogen-bond acceptors (Lipinski definition) is 3. The summed E-state index contributed by atoms with van der Waals surface area (Å²) in [5, 5.41) is 11.5. The average Bonchev–Trinajstić information content (AvgIpc) is 2.75. The normalized spacial score (nSPS) is 23.3. The molecule has 0 radical (unpaired) electrons. The van der Waals surface area contributed by atoms with Crippen LogP contribution in [0.1, 0.15) is 71.3 Å². The monoisotopic (exact) mass is 437 g/mol. The summed E-state index contributed by atoms with van der Waals surface area (Å²) in [6.45, 7) is 9.99. The van der Waals surface area contributed by atoms with Crippen molar-refractivity contribution in [1.82, 2.24) is 4.90 Å². The first-order chi connectivity index (χ1) is 15.3. The lowest BCUT2D eigenvalue weighted by atomic mass is 9.72. The van der Waals surface area contributed by atoms with Crippen LogP contribution in [-0.4, -0.2) is 35.2 Å². The number of aliphatic carboxylic acids is 1. The van der Waals surface area contributed by atoms with Crippen molar-refractivity contribution in [3.63, 3.8) is 0 Å². The number of fused-ring (bicyclic) bond motifs is 1. The zero-order valence-corrected chi connectivity index (χ0v) is 20.0. The Morgan fingerprint density at radius 3 is 2.28 bits per heavy atom. The summed E-state index contributed by atoms with van der Waals surface area (Å²) in [5.74, 6) is 1.46. The lowest BCUT2D eigenvalue weighted by Gasteiger charge is -2.37. The number of piperidine rings is 1. The Morgan fingerprint density at radius 1 is 0.969 bits per heavy atom. The molecule has 1 heterocycles. The Balaban J connectivity index is 1.31. The molecule has 1 N–H and O–H groups in total. The first kappa shape index (κ1) is 23.1. The zero-order valence-electron chi connectivity index (χ0n) is 20.0. The Hall–Kier alpha value is -2.07. The Kier molecular flexibility index (Phi) is 7.09. The van der Waals surface area contributed by atoms with Gasteiger partial charge in [-0.25, -0.2) is 0 Å². The highest BCUT2D eigenvalue weighted by molar-refractivity contribution is 5.84. The fraction of sp³-hybridized carbons (Fsp3) is 0.607. The molecule has 4 rings (SSSR count). The summed E-state index contributed by atoms with van der Waals surface area (Å²) in [6, 6.07) is 13.2. The minimum absolute atomic E-state index is 0.312. The van der Waals surface area contributed by atoms with Gasteiger partial charge >= 0.3 is 5.97 Å². The quantitative estimate of drug-likeness (QED) is 0.560. The highest BCUT2D eigenvalue weighted by Gasteiger charge is 2.30. The van der Waals surface area contributed by atoms with Crippen molar-refractivity contribution < 1.29 is 14.6 Å². The van der Waals surface area contributed by atoms with Gasteiger partial charge in [0.2, 0.25) is 0 Å². The second kappa shape index (κ2) is 9.82. The largest absolute Gasteiger partial charge is 0.490 e. The van der Waals surface area contributed by atoms with Crippen LogP contribution in [0, 0.1) is 17.3 Å². The molecule has 1 aliphatic carbocycles. The first-order valence-corrected chi connectivity index (χ1v) is 12.4. The molecule has 0 spiro atoms. The molecular weight excluding hydrogens is 398 g/mol. The topological polar surface area (TPSA) is 49.8 Å². The molecule has 2 aromatic rings. The number of likely N-dealkylation sites (tertiary alicyclic amines) is 1. The van der Waals surface area contributed by atoms with Crippen LogP contribution in [0.3, 0.4) is 0 Å². The Labute approximate surface area is 192 Å². The lowest BCUT2D eigenvalue weighted by molar-refractivity contribution is -0.138. The summed E-state index contributed by atoms with van der Waals surface area (Å²) in [7, 11) is 0. The van der Waals surface area contributed by atoms with Crippen LogP contribution in [0.15, 0.2) is 36.4 Å². The van der Waals surface area contributed by atoms with Crippen molar-refractivity contribution in [2.24, 2.45) is 17.3 Å². The van der Waals surface area contributed by atoms with E-state index in [1.165, 1.54) is 29.2 Å². The van der Waals surface area contributed by atoms with Gasteiger partial charge in [0, 0.05) is 13.0 Å². The van der Waals surface area contributed by atoms with Gasteiger partial charge in [-0.2, -0.15) is 0 Å². The zero-order chi connectivity index (χ0) is 22.7. The van der Waals surface area contributed by atoms with E-state index < -0.39 is 5.97 Å². The van der Waals surface area contributed by atoms with Gasteiger partial charge in [-0.15, -0.1) is 0 Å². The van der Waals surface area contributed by atoms with E-state index in [9.17, 15) is 4.79 Å². The van der Waals surface area contributed by atoms with Gasteiger partial charge < -0.3 is 9.84 Å². The minimum Gasteiger partial charge on any atom is -0.490 e. The first-order valence-electron chi connectivity index (χ1n) is 12.4. The van der Waals surface area contributed by atoms with Crippen molar-refractivity contribution in [2.75, 3.05) is 13.1 Å². The Morgan fingerprint density at radius 2 is 1.62 bits per heavy atom. The molecule has 0 atom stereocenters. The van der Waals surface area contributed by atoms with Crippen LogP contribution in [0.25, 0.3) is 10.8 Å². The predicted molar refractivity (Wildman–Crippen MR) is 130 cm³/mol. The van der Waals surface area contributed by atoms with E-state index in [1.54, 1.807) is 0 Å². The van der Waals surface area contributed by atoms with Crippen LogP contribution < -0.4 is 4.74 Å². The van der Waals surface area contributed by atoms with Gasteiger partial charge in [-0.3, -0.25) is 9.69 Å². The molecule has 2 aromatic carbocycles. The third-order valence-electron chi connectivity index (χ3n) is 7.65. The van der Waals surface area contributed by atoms with Gasteiger partial charge in [0.05, 0.1) is 6.10 Å². The number of carboxylic acids is 1. The van der Waals surface area contributed by atoms with Gasteiger partial charge in [0.25, 0.3) is 0 Å². The highest BCUT2D eigenvalue weighted by Crippen LogP contribution is 2.39. The molecule has 2 fully saturated rings. The van der Waals surface area contributed by atoms with Crippen molar-refractivity contribution in [1.29, 1.82) is 0 Å². The maximum absolute atomic E-state index is 10.9. The van der Waals surface area contributed by atoms with E-state index in [0.717, 1.165) is 57.0 Å². The molecule has 0 aromatic heterocycles. The molecule has 0 amide bonds. The summed E-state index contributed by atoms with van der Waals surface area (Å²) in [6.07, 6.45) is 7.46. The SMILES string of the molecule is CC(C)(C)C1CCC(Oc2ccc3cc(CN4CCC(CC(=O)O)CC4)ccc3c2)CC1. The number of hydrogen-bond donors (Lipinski definition) is 1. The summed E-state index contributed by atoms with van der Waals surface area (Å²) < 4.78 is 6.36. The molecule has 0 bridgehead atoms. The van der Waals surface area contributed by atoms with Gasteiger partial charge in [0.1, 0.15) is 5.75 Å². The maximum atomic E-state index is 10.9. The fourth-order valence-corrected chi connectivity index (χ4v) is 5.54. The van der Waals surface area contributed by atoms with Crippen molar-refractivity contribution in [3.8, 4) is 5.75 Å². The molecule has 0 unspecified atom stereocenters. The number of benzene rings is 2. The molecule has 1 saturated heterocycles. The third-order valence-corrected chi connectivity index (χ3v) is 7.65. The second-order valence-electron chi connectivity index (χ2n) is 11.1. The summed E-state index contributed by atoms with van der Waals surface area (Å²) in [4.78, 5) is 13.4. The molecular formula is C28H39NO3. The van der Waals surface area contributed by atoms with Gasteiger partial charge in [0.15, 0.2) is 0 Å². The van der Waals surface area contributed by atoms with E-state index >= 15 is 0 Å². The molecule has 32 heavy (non-hydrogen) atoms. The van der Waals surface area contributed by atoms with Crippen LogP contribution in [0.5, 0.6) is 5.75 Å². The van der Waals surface area contributed by atoms with Crippen molar-refractivity contribution in [3.05, 3.63) is 42.0 Å². The van der Waals surface area contributed by atoms with Crippen LogP contribution in [-0.2, 0) is 11.3 Å². The van der Waals surface area contributed by atoms with Crippen molar-refractivity contribution in [2.45, 2.75) is 78.4 Å². The molecule has 1 saturated carbocycles.